The summed E-state index contributed by atoms with van der Waals surface area (Å²) in [5.74, 6) is 1.49. The number of hydrogen-bond acceptors (Lipinski definition) is 3. The van der Waals surface area contributed by atoms with Crippen molar-refractivity contribution >= 4 is 0 Å². The highest BCUT2D eigenvalue weighted by Gasteiger charge is 2.12. The molecule has 106 valence electrons. The van der Waals surface area contributed by atoms with E-state index in [9.17, 15) is 0 Å². The van der Waals surface area contributed by atoms with Gasteiger partial charge in [0.15, 0.2) is 0 Å². The summed E-state index contributed by atoms with van der Waals surface area (Å²) in [6.07, 6.45) is 1.71. The molecule has 0 fully saturated rings. The van der Waals surface area contributed by atoms with Crippen LogP contribution < -0.4 is 9.47 Å². The Morgan fingerprint density at radius 3 is 2.20 bits per heavy atom. The molecule has 1 aromatic heterocycles. The summed E-state index contributed by atoms with van der Waals surface area (Å²) >= 11 is 0. The number of nitrogens with zero attached hydrogens (tertiary/aromatic N) is 1. The standard InChI is InChI=1S/C17H21NO2/c1-17(2,3)14-7-9-15(10-8-14)19-12-13-20-16-6-4-5-11-18-16/h4-11H,12-13H2,1-3H3. The molecule has 0 saturated heterocycles. The Labute approximate surface area is 120 Å². The maximum atomic E-state index is 5.64. The predicted octanol–water partition coefficient (Wildman–Crippen LogP) is 3.84. The molecule has 20 heavy (non-hydrogen) atoms. The van der Waals surface area contributed by atoms with Crippen molar-refractivity contribution < 1.29 is 9.47 Å². The normalized spacial score (nSPS) is 11.2. The van der Waals surface area contributed by atoms with Gasteiger partial charge in [-0.15, -0.1) is 0 Å². The number of benzene rings is 1. The highest BCUT2D eigenvalue weighted by molar-refractivity contribution is 5.31. The van der Waals surface area contributed by atoms with Gasteiger partial charge in [0.05, 0.1) is 0 Å². The summed E-state index contributed by atoms with van der Waals surface area (Å²) in [6, 6.07) is 13.8. The highest BCUT2D eigenvalue weighted by atomic mass is 16.5. The lowest BCUT2D eigenvalue weighted by atomic mass is 9.87. The van der Waals surface area contributed by atoms with Gasteiger partial charge in [0.2, 0.25) is 5.88 Å². The van der Waals surface area contributed by atoms with Crippen LogP contribution in [0.15, 0.2) is 48.7 Å². The fraction of sp³-hybridized carbons (Fsp3) is 0.353. The second kappa shape index (κ2) is 6.42. The van der Waals surface area contributed by atoms with Crippen molar-refractivity contribution in [3.05, 3.63) is 54.2 Å². The molecular weight excluding hydrogens is 250 g/mol. The lowest BCUT2D eigenvalue weighted by Gasteiger charge is -2.19. The van der Waals surface area contributed by atoms with E-state index < -0.39 is 0 Å². The zero-order valence-corrected chi connectivity index (χ0v) is 12.3. The maximum absolute atomic E-state index is 5.64. The molecule has 0 spiro atoms. The van der Waals surface area contributed by atoms with E-state index in [-0.39, 0.29) is 5.41 Å². The van der Waals surface area contributed by atoms with E-state index in [2.05, 4.69) is 37.9 Å². The molecule has 1 heterocycles. The van der Waals surface area contributed by atoms with Gasteiger partial charge < -0.3 is 9.47 Å². The van der Waals surface area contributed by atoms with E-state index in [4.69, 9.17) is 9.47 Å². The van der Waals surface area contributed by atoms with Crippen LogP contribution in [0.25, 0.3) is 0 Å². The molecule has 0 bridgehead atoms. The third-order valence-electron chi connectivity index (χ3n) is 2.96. The summed E-state index contributed by atoms with van der Waals surface area (Å²) in [7, 11) is 0. The van der Waals surface area contributed by atoms with Gasteiger partial charge >= 0.3 is 0 Å². The Balaban J connectivity index is 1.77. The predicted molar refractivity (Wildman–Crippen MR) is 80.4 cm³/mol. The van der Waals surface area contributed by atoms with Crippen LogP contribution in [0.3, 0.4) is 0 Å². The third-order valence-corrected chi connectivity index (χ3v) is 2.96. The van der Waals surface area contributed by atoms with Crippen LogP contribution >= 0.6 is 0 Å². The molecule has 3 nitrogen and oxygen atoms in total. The average Bonchev–Trinajstić information content (AvgIpc) is 2.44. The second-order valence-corrected chi connectivity index (χ2v) is 5.64. The molecule has 0 aliphatic carbocycles. The van der Waals surface area contributed by atoms with Crippen LogP contribution in [0.4, 0.5) is 0 Å². The molecule has 3 heteroatoms. The van der Waals surface area contributed by atoms with Gasteiger partial charge in [-0.2, -0.15) is 0 Å². The van der Waals surface area contributed by atoms with Crippen molar-refractivity contribution in [2.75, 3.05) is 13.2 Å². The molecule has 2 rings (SSSR count). The fourth-order valence-corrected chi connectivity index (χ4v) is 1.79. The van der Waals surface area contributed by atoms with E-state index >= 15 is 0 Å². The molecule has 0 amide bonds. The van der Waals surface area contributed by atoms with E-state index in [0.29, 0.717) is 19.1 Å². The Hall–Kier alpha value is -2.03. The number of pyridine rings is 1. The van der Waals surface area contributed by atoms with E-state index in [1.54, 1.807) is 6.20 Å². The highest BCUT2D eigenvalue weighted by Crippen LogP contribution is 2.24. The Bertz CT molecular complexity index is 515. The minimum absolute atomic E-state index is 0.167. The Kier molecular flexibility index (Phi) is 4.61. The summed E-state index contributed by atoms with van der Waals surface area (Å²) < 4.78 is 11.1. The Morgan fingerprint density at radius 2 is 1.60 bits per heavy atom. The first-order chi connectivity index (χ1) is 9.55. The van der Waals surface area contributed by atoms with Crippen molar-refractivity contribution in [2.45, 2.75) is 26.2 Å². The molecule has 0 atom stereocenters. The fourth-order valence-electron chi connectivity index (χ4n) is 1.79. The zero-order chi connectivity index (χ0) is 14.4. The summed E-state index contributed by atoms with van der Waals surface area (Å²) in [5.41, 5.74) is 1.47. The molecule has 0 saturated carbocycles. The van der Waals surface area contributed by atoms with Crippen LogP contribution in [0.2, 0.25) is 0 Å². The second-order valence-electron chi connectivity index (χ2n) is 5.64. The first kappa shape index (κ1) is 14.4. The SMILES string of the molecule is CC(C)(C)c1ccc(OCCOc2ccccn2)cc1. The van der Waals surface area contributed by atoms with Crippen LogP contribution in [0.1, 0.15) is 26.3 Å². The van der Waals surface area contributed by atoms with Gasteiger partial charge in [-0.1, -0.05) is 39.0 Å². The topological polar surface area (TPSA) is 31.4 Å². The van der Waals surface area contributed by atoms with Crippen molar-refractivity contribution in [2.24, 2.45) is 0 Å². The first-order valence-electron chi connectivity index (χ1n) is 6.83. The van der Waals surface area contributed by atoms with Gasteiger partial charge in [0, 0.05) is 12.3 Å². The van der Waals surface area contributed by atoms with Crippen LogP contribution in [-0.4, -0.2) is 18.2 Å². The Morgan fingerprint density at radius 1 is 0.900 bits per heavy atom. The molecule has 2 aromatic rings. The molecule has 0 radical (unpaired) electrons. The van der Waals surface area contributed by atoms with Gasteiger partial charge in [-0.3, -0.25) is 0 Å². The van der Waals surface area contributed by atoms with Crippen molar-refractivity contribution in [3.63, 3.8) is 0 Å². The third kappa shape index (κ3) is 4.26. The lowest BCUT2D eigenvalue weighted by molar-refractivity contribution is 0.212. The van der Waals surface area contributed by atoms with Crippen LogP contribution in [-0.2, 0) is 5.41 Å². The van der Waals surface area contributed by atoms with Gasteiger partial charge in [0.1, 0.15) is 19.0 Å². The number of hydrogen-bond donors (Lipinski definition) is 0. The molecule has 0 aliphatic rings. The van der Waals surface area contributed by atoms with E-state index in [1.807, 2.05) is 30.3 Å². The zero-order valence-electron chi connectivity index (χ0n) is 12.3. The van der Waals surface area contributed by atoms with Crippen LogP contribution in [0, 0.1) is 0 Å². The minimum atomic E-state index is 0.167. The molecule has 0 aliphatic heterocycles. The van der Waals surface area contributed by atoms with Crippen molar-refractivity contribution in [1.82, 2.24) is 4.98 Å². The molecular formula is C17H21NO2. The quantitative estimate of drug-likeness (QED) is 0.774. The average molecular weight is 271 g/mol. The first-order valence-corrected chi connectivity index (χ1v) is 6.83. The van der Waals surface area contributed by atoms with Gasteiger partial charge in [0.25, 0.3) is 0 Å². The smallest absolute Gasteiger partial charge is 0.213 e. The van der Waals surface area contributed by atoms with E-state index in [1.165, 1.54) is 5.56 Å². The van der Waals surface area contributed by atoms with Gasteiger partial charge in [-0.05, 0) is 29.2 Å². The van der Waals surface area contributed by atoms with Crippen LogP contribution in [0.5, 0.6) is 11.6 Å². The number of rotatable bonds is 5. The van der Waals surface area contributed by atoms with Crippen molar-refractivity contribution in [1.29, 1.82) is 0 Å². The number of aromatic nitrogens is 1. The molecule has 1 aromatic carbocycles. The largest absolute Gasteiger partial charge is 0.490 e. The summed E-state index contributed by atoms with van der Waals surface area (Å²) in [5, 5.41) is 0. The monoisotopic (exact) mass is 271 g/mol. The minimum Gasteiger partial charge on any atom is -0.490 e. The summed E-state index contributed by atoms with van der Waals surface area (Å²) in [6.45, 7) is 7.58. The maximum Gasteiger partial charge on any atom is 0.213 e. The molecule has 0 unspecified atom stereocenters. The molecule has 0 N–H and O–H groups in total. The number of ether oxygens (including phenoxy) is 2. The lowest BCUT2D eigenvalue weighted by Crippen LogP contribution is -2.11. The van der Waals surface area contributed by atoms with Crippen molar-refractivity contribution in [3.8, 4) is 11.6 Å². The van der Waals surface area contributed by atoms with Gasteiger partial charge in [-0.25, -0.2) is 4.98 Å². The summed E-state index contributed by atoms with van der Waals surface area (Å²) in [4.78, 5) is 4.08. The van der Waals surface area contributed by atoms with E-state index in [0.717, 1.165) is 5.75 Å².